The molecule has 0 atom stereocenters. The van der Waals surface area contributed by atoms with E-state index in [-0.39, 0.29) is 17.0 Å². The summed E-state index contributed by atoms with van der Waals surface area (Å²) in [6, 6.07) is 0. The smallest absolute Gasteiger partial charge is 0.0140 e. The lowest BCUT2D eigenvalue weighted by Crippen LogP contribution is -1.99. The third-order valence-electron chi connectivity index (χ3n) is 1.13. The van der Waals surface area contributed by atoms with Gasteiger partial charge >= 0.3 is 0 Å². The van der Waals surface area contributed by atoms with E-state index in [1.165, 1.54) is 25.7 Å². The molecule has 0 aromatic heterocycles. The number of hydrogen-bond donors (Lipinski definition) is 0. The highest BCUT2D eigenvalue weighted by Gasteiger charge is 1.74. The van der Waals surface area contributed by atoms with Crippen molar-refractivity contribution < 1.29 is 0 Å². The van der Waals surface area contributed by atoms with Crippen LogP contribution in [0.1, 0.15) is 39.5 Å². The van der Waals surface area contributed by atoms with Crippen molar-refractivity contribution in [2.24, 2.45) is 0 Å². The van der Waals surface area contributed by atoms with Crippen molar-refractivity contribution in [1.82, 2.24) is 4.90 Å². The van der Waals surface area contributed by atoms with Crippen LogP contribution in [-0.4, -0.2) is 26.0 Å². The Hall–Kier alpha value is 0.180. The van der Waals surface area contributed by atoms with Crippen molar-refractivity contribution in [3.8, 4) is 0 Å². The molecule has 0 saturated carbocycles. The largest absolute Gasteiger partial charge is 0.312 e. The Morgan fingerprint density at radius 3 is 1.77 bits per heavy atom. The van der Waals surface area contributed by atoms with Crippen LogP contribution >= 0.6 is 17.0 Å². The van der Waals surface area contributed by atoms with Crippen molar-refractivity contribution in [2.45, 2.75) is 39.5 Å². The van der Waals surface area contributed by atoms with Gasteiger partial charge in [-0.2, -0.15) is 0 Å². The van der Waals surface area contributed by atoms with Gasteiger partial charge in [0.15, 0.2) is 0 Å². The molecule has 0 unspecified atom stereocenters. The second-order valence-electron chi connectivity index (χ2n) is 3.36. The van der Waals surface area contributed by atoms with Gasteiger partial charge in [-0.15, -0.1) is 17.0 Å². The number of rotatable bonds is 4. The van der Waals surface area contributed by atoms with Crippen LogP contribution in [0.5, 0.6) is 0 Å². The van der Waals surface area contributed by atoms with E-state index in [9.17, 15) is 0 Å². The van der Waals surface area contributed by atoms with Crippen LogP contribution < -0.4 is 0 Å². The van der Waals surface area contributed by atoms with Crippen molar-refractivity contribution in [2.75, 3.05) is 21.1 Å². The van der Waals surface area contributed by atoms with Crippen molar-refractivity contribution in [1.29, 1.82) is 0 Å². The van der Waals surface area contributed by atoms with Crippen LogP contribution in [0.2, 0.25) is 0 Å². The van der Waals surface area contributed by atoms with Crippen LogP contribution in [-0.2, 0) is 0 Å². The Kier molecular flexibility index (Phi) is 26.2. The van der Waals surface area contributed by atoms with E-state index in [0.29, 0.717) is 0 Å². The molecule has 13 heavy (non-hydrogen) atoms. The van der Waals surface area contributed by atoms with E-state index in [2.05, 4.69) is 26.0 Å². The van der Waals surface area contributed by atoms with Gasteiger partial charge in [0.2, 0.25) is 0 Å². The average Bonchev–Trinajstić information content (AvgIpc) is 1.97. The van der Waals surface area contributed by atoms with Gasteiger partial charge in [-0.1, -0.05) is 38.8 Å². The first kappa shape index (κ1) is 18.9. The molecule has 82 valence electrons. The Balaban J connectivity index is -0.000000173. The lowest BCUT2D eigenvalue weighted by atomic mass is 10.2. The highest BCUT2D eigenvalue weighted by molar-refractivity contribution is 8.93. The van der Waals surface area contributed by atoms with E-state index < -0.39 is 0 Å². The van der Waals surface area contributed by atoms with E-state index >= 15 is 0 Å². The fourth-order valence-corrected chi connectivity index (χ4v) is 0.606. The zero-order valence-corrected chi connectivity index (χ0v) is 11.6. The van der Waals surface area contributed by atoms with E-state index in [1.54, 1.807) is 0 Å². The first-order valence-electron chi connectivity index (χ1n) is 4.91. The quantitative estimate of drug-likeness (QED) is 0.542. The van der Waals surface area contributed by atoms with Gasteiger partial charge < -0.3 is 4.90 Å². The van der Waals surface area contributed by atoms with Crippen molar-refractivity contribution >= 4 is 17.0 Å². The monoisotopic (exact) mass is 251 g/mol. The molecule has 0 rings (SSSR count). The molecule has 0 amide bonds. The summed E-state index contributed by atoms with van der Waals surface area (Å²) < 4.78 is 0. The number of hydrogen-bond acceptors (Lipinski definition) is 1. The molecule has 0 aliphatic carbocycles. The molecule has 0 fully saturated rings. The molecule has 0 saturated heterocycles. The van der Waals surface area contributed by atoms with Crippen LogP contribution in [0, 0.1) is 0 Å². The third-order valence-corrected chi connectivity index (χ3v) is 1.13. The summed E-state index contributed by atoms with van der Waals surface area (Å²) in [6.45, 7) is 4.39. The summed E-state index contributed by atoms with van der Waals surface area (Å²) in [7, 11) is 6.00. The number of unbranched alkanes of at least 4 members (excludes halogenated alkanes) is 2. The molecule has 0 radical (unpaired) electrons. The second-order valence-corrected chi connectivity index (χ2v) is 3.36. The van der Waals surface area contributed by atoms with Gasteiger partial charge in [-0.25, -0.2) is 0 Å². The molecule has 0 spiro atoms. The molecule has 0 heterocycles. The molecule has 2 heteroatoms. The normalized spacial score (nSPS) is 9.38. The van der Waals surface area contributed by atoms with Gasteiger partial charge in [-0.3, -0.25) is 0 Å². The van der Waals surface area contributed by atoms with E-state index in [4.69, 9.17) is 0 Å². The Morgan fingerprint density at radius 2 is 1.46 bits per heavy atom. The average molecular weight is 252 g/mol. The predicted octanol–water partition coefficient (Wildman–Crippen LogP) is 3.90. The summed E-state index contributed by atoms with van der Waals surface area (Å²) in [5.74, 6) is 0. The van der Waals surface area contributed by atoms with Crippen molar-refractivity contribution in [3.63, 3.8) is 0 Å². The van der Waals surface area contributed by atoms with Crippen LogP contribution in [0.3, 0.4) is 0 Å². The molecule has 0 aliphatic rings. The summed E-state index contributed by atoms with van der Waals surface area (Å²) in [5.41, 5.74) is 0. The van der Waals surface area contributed by atoms with Crippen molar-refractivity contribution in [3.05, 3.63) is 12.2 Å². The standard InChI is InChI=1S/C8H16.C3H9N.BrH/c1-3-5-7-8-6-4-2;1-4(2)3;/h5,7H,3-4,6,8H2,1-2H3;1-3H3;1H. The molecule has 0 aromatic carbocycles. The Morgan fingerprint density at radius 1 is 1.00 bits per heavy atom. The number of halogens is 1. The van der Waals surface area contributed by atoms with Gasteiger partial charge in [0.1, 0.15) is 0 Å². The maximum atomic E-state index is 2.27. The Labute approximate surface area is 95.0 Å². The minimum atomic E-state index is 0. The first-order chi connectivity index (χ1) is 5.65. The maximum Gasteiger partial charge on any atom is -0.0140 e. The van der Waals surface area contributed by atoms with Gasteiger partial charge in [-0.05, 0) is 34.0 Å². The molecule has 0 aromatic rings. The van der Waals surface area contributed by atoms with Crippen LogP contribution in [0.15, 0.2) is 12.2 Å². The summed E-state index contributed by atoms with van der Waals surface area (Å²) in [4.78, 5) is 2.00. The minimum absolute atomic E-state index is 0. The minimum Gasteiger partial charge on any atom is -0.312 e. The number of allylic oxidation sites excluding steroid dienone is 2. The van der Waals surface area contributed by atoms with E-state index in [0.717, 1.165) is 0 Å². The first-order valence-corrected chi connectivity index (χ1v) is 4.91. The predicted molar refractivity (Wildman–Crippen MR) is 68.9 cm³/mol. The van der Waals surface area contributed by atoms with Gasteiger partial charge in [0.25, 0.3) is 0 Å². The summed E-state index contributed by atoms with van der Waals surface area (Å²) in [6.07, 6.45) is 9.61. The fourth-order valence-electron chi connectivity index (χ4n) is 0.606. The SMILES string of the molecule is Br.CCC=CCCCC.CN(C)C. The lowest BCUT2D eigenvalue weighted by Gasteiger charge is -1.90. The molecule has 0 N–H and O–H groups in total. The second kappa shape index (κ2) is 18.1. The molecule has 1 nitrogen and oxygen atoms in total. The highest BCUT2D eigenvalue weighted by Crippen LogP contribution is 1.94. The molecular formula is C11H26BrN. The Bertz CT molecular complexity index is 87.3. The summed E-state index contributed by atoms with van der Waals surface area (Å²) >= 11 is 0. The van der Waals surface area contributed by atoms with Crippen LogP contribution in [0.4, 0.5) is 0 Å². The lowest BCUT2D eigenvalue weighted by molar-refractivity contribution is 0.505. The molecule has 0 bridgehead atoms. The fraction of sp³-hybridized carbons (Fsp3) is 0.818. The van der Waals surface area contributed by atoms with Gasteiger partial charge in [0, 0.05) is 0 Å². The summed E-state index contributed by atoms with van der Waals surface area (Å²) in [5, 5.41) is 0. The maximum absolute atomic E-state index is 2.27. The van der Waals surface area contributed by atoms with E-state index in [1.807, 2.05) is 26.0 Å². The van der Waals surface area contributed by atoms with Crippen LogP contribution in [0.25, 0.3) is 0 Å². The highest BCUT2D eigenvalue weighted by atomic mass is 79.9. The van der Waals surface area contributed by atoms with Gasteiger partial charge in [0.05, 0.1) is 0 Å². The molecule has 0 aliphatic heterocycles. The topological polar surface area (TPSA) is 3.24 Å². The number of nitrogens with zero attached hydrogens (tertiary/aromatic N) is 1. The molecular weight excluding hydrogens is 226 g/mol. The third kappa shape index (κ3) is 47.0. The zero-order valence-electron chi connectivity index (χ0n) is 9.84. The zero-order chi connectivity index (χ0) is 9.82.